The lowest BCUT2D eigenvalue weighted by Gasteiger charge is -2.50. The van der Waals surface area contributed by atoms with Crippen molar-refractivity contribution in [3.8, 4) is 5.75 Å². The number of nitrogens with zero attached hydrogens (tertiary/aromatic N) is 1. The highest BCUT2D eigenvalue weighted by molar-refractivity contribution is 5.97. The Bertz CT molecular complexity index is 670. The monoisotopic (exact) mass is 347 g/mol. The van der Waals surface area contributed by atoms with Gasteiger partial charge in [-0.15, -0.1) is 0 Å². The molecule has 1 aromatic carbocycles. The van der Waals surface area contributed by atoms with Gasteiger partial charge in [-0.2, -0.15) is 0 Å². The van der Waals surface area contributed by atoms with Gasteiger partial charge in [0.2, 0.25) is 0 Å². The quantitative estimate of drug-likeness (QED) is 0.909. The number of amides is 1. The largest absolute Gasteiger partial charge is 0.496 e. The number of hydrogen-bond acceptors (Lipinski definition) is 4. The van der Waals surface area contributed by atoms with E-state index in [9.17, 15) is 9.90 Å². The summed E-state index contributed by atoms with van der Waals surface area (Å²) in [6.45, 7) is 5.27. The summed E-state index contributed by atoms with van der Waals surface area (Å²) in [5.41, 5.74) is 1.83. The maximum absolute atomic E-state index is 13.2. The first kappa shape index (κ1) is 18.2. The number of fused-ring (bicyclic) bond motifs is 1. The van der Waals surface area contributed by atoms with Crippen LogP contribution in [0.3, 0.4) is 0 Å². The SMILES string of the molecule is COC[C@]1(O)CCN(C(=O)c2cc3c(cc2OC)CCC3)CC1(C)C. The summed E-state index contributed by atoms with van der Waals surface area (Å²) in [4.78, 5) is 15.0. The zero-order valence-electron chi connectivity index (χ0n) is 15.7. The smallest absolute Gasteiger partial charge is 0.257 e. The molecule has 0 spiro atoms. The molecule has 0 radical (unpaired) electrons. The highest BCUT2D eigenvalue weighted by Gasteiger charge is 2.48. The van der Waals surface area contributed by atoms with Crippen molar-refractivity contribution in [2.75, 3.05) is 33.9 Å². The lowest BCUT2D eigenvalue weighted by atomic mass is 9.70. The van der Waals surface area contributed by atoms with Gasteiger partial charge >= 0.3 is 0 Å². The van der Waals surface area contributed by atoms with Crippen molar-refractivity contribution in [1.82, 2.24) is 4.90 Å². The average Bonchev–Trinajstić information content (AvgIpc) is 3.03. The van der Waals surface area contributed by atoms with E-state index in [-0.39, 0.29) is 12.5 Å². The number of carbonyl (C=O) groups is 1. The zero-order valence-corrected chi connectivity index (χ0v) is 15.7. The summed E-state index contributed by atoms with van der Waals surface area (Å²) in [6, 6.07) is 4.03. The van der Waals surface area contributed by atoms with E-state index in [0.717, 1.165) is 19.3 Å². The van der Waals surface area contributed by atoms with Gasteiger partial charge in [-0.25, -0.2) is 0 Å². The lowest BCUT2D eigenvalue weighted by molar-refractivity contribution is -0.144. The van der Waals surface area contributed by atoms with Crippen LogP contribution in [0.5, 0.6) is 5.75 Å². The van der Waals surface area contributed by atoms with Crippen LogP contribution in [0.15, 0.2) is 12.1 Å². The molecule has 25 heavy (non-hydrogen) atoms. The van der Waals surface area contributed by atoms with E-state index < -0.39 is 11.0 Å². The minimum atomic E-state index is -0.916. The number of rotatable bonds is 4. The van der Waals surface area contributed by atoms with Crippen LogP contribution in [0.1, 0.15) is 48.2 Å². The van der Waals surface area contributed by atoms with Crippen LogP contribution in [-0.4, -0.2) is 55.4 Å². The molecule has 5 heteroatoms. The molecule has 0 bridgehead atoms. The van der Waals surface area contributed by atoms with Crippen molar-refractivity contribution in [3.05, 3.63) is 28.8 Å². The van der Waals surface area contributed by atoms with Crippen LogP contribution in [0.2, 0.25) is 0 Å². The fourth-order valence-electron chi connectivity index (χ4n) is 4.15. The molecule has 1 heterocycles. The number of methoxy groups -OCH3 is 2. The van der Waals surface area contributed by atoms with E-state index in [2.05, 4.69) is 0 Å². The van der Waals surface area contributed by atoms with Gasteiger partial charge in [-0.05, 0) is 48.9 Å². The number of hydrogen-bond donors (Lipinski definition) is 1. The van der Waals surface area contributed by atoms with Crippen LogP contribution < -0.4 is 4.74 Å². The molecule has 1 N–H and O–H groups in total. The average molecular weight is 347 g/mol. The molecule has 3 rings (SSSR count). The number of benzene rings is 1. The van der Waals surface area contributed by atoms with Crippen molar-refractivity contribution in [1.29, 1.82) is 0 Å². The fourth-order valence-corrected chi connectivity index (χ4v) is 4.15. The summed E-state index contributed by atoms with van der Waals surface area (Å²) in [7, 11) is 3.21. The normalized spacial score (nSPS) is 24.9. The van der Waals surface area contributed by atoms with Crippen LogP contribution in [0.4, 0.5) is 0 Å². The lowest BCUT2D eigenvalue weighted by Crippen LogP contribution is -2.60. The number of likely N-dealkylation sites (tertiary alicyclic amines) is 1. The van der Waals surface area contributed by atoms with Gasteiger partial charge < -0.3 is 19.5 Å². The van der Waals surface area contributed by atoms with Crippen molar-refractivity contribution >= 4 is 5.91 Å². The topological polar surface area (TPSA) is 59.0 Å². The van der Waals surface area contributed by atoms with Crippen molar-refractivity contribution in [2.45, 2.75) is 45.1 Å². The second kappa shape index (κ2) is 6.61. The molecule has 0 aromatic heterocycles. The molecule has 1 saturated heterocycles. The van der Waals surface area contributed by atoms with Crippen LogP contribution in [0, 0.1) is 5.41 Å². The fraction of sp³-hybridized carbons (Fsp3) is 0.650. The first-order valence-electron chi connectivity index (χ1n) is 9.02. The third kappa shape index (κ3) is 3.15. The predicted octanol–water partition coefficient (Wildman–Crippen LogP) is 2.43. The van der Waals surface area contributed by atoms with Crippen LogP contribution in [0.25, 0.3) is 0 Å². The molecular formula is C20H29NO4. The second-order valence-corrected chi connectivity index (χ2v) is 8.00. The number of aliphatic hydroxyl groups is 1. The Balaban J connectivity index is 1.85. The molecule has 138 valence electrons. The highest BCUT2D eigenvalue weighted by Crippen LogP contribution is 2.40. The summed E-state index contributed by atoms with van der Waals surface area (Å²) < 4.78 is 10.7. The number of carbonyl (C=O) groups excluding carboxylic acids is 1. The van der Waals surface area contributed by atoms with E-state index in [4.69, 9.17) is 9.47 Å². The molecule has 1 amide bonds. The minimum absolute atomic E-state index is 0.0147. The third-order valence-corrected chi connectivity index (χ3v) is 5.96. The maximum atomic E-state index is 13.2. The summed E-state index contributed by atoms with van der Waals surface area (Å²) in [5, 5.41) is 10.9. The number of piperidine rings is 1. The third-order valence-electron chi connectivity index (χ3n) is 5.96. The zero-order chi connectivity index (χ0) is 18.2. The molecule has 1 aromatic rings. The Morgan fingerprint density at radius 2 is 1.92 bits per heavy atom. The molecule has 1 atom stereocenters. The van der Waals surface area contributed by atoms with Gasteiger partial charge in [-0.3, -0.25) is 4.79 Å². The van der Waals surface area contributed by atoms with Gasteiger partial charge in [0.1, 0.15) is 5.75 Å². The highest BCUT2D eigenvalue weighted by atomic mass is 16.5. The van der Waals surface area contributed by atoms with E-state index in [0.29, 0.717) is 30.8 Å². The summed E-state index contributed by atoms with van der Waals surface area (Å²) in [5.74, 6) is 0.639. The Morgan fingerprint density at radius 1 is 1.24 bits per heavy atom. The van der Waals surface area contributed by atoms with Gasteiger partial charge in [0.05, 0.1) is 24.9 Å². The summed E-state index contributed by atoms with van der Waals surface area (Å²) in [6.07, 6.45) is 3.73. The minimum Gasteiger partial charge on any atom is -0.496 e. The van der Waals surface area contributed by atoms with Crippen LogP contribution >= 0.6 is 0 Å². The van der Waals surface area contributed by atoms with Gasteiger partial charge in [-0.1, -0.05) is 13.8 Å². The second-order valence-electron chi connectivity index (χ2n) is 8.00. The van der Waals surface area contributed by atoms with Crippen molar-refractivity contribution in [3.63, 3.8) is 0 Å². The molecular weight excluding hydrogens is 318 g/mol. The predicted molar refractivity (Wildman–Crippen MR) is 96.1 cm³/mol. The Hall–Kier alpha value is -1.59. The number of ether oxygens (including phenoxy) is 2. The molecule has 5 nitrogen and oxygen atoms in total. The van der Waals surface area contributed by atoms with Crippen molar-refractivity contribution in [2.24, 2.45) is 5.41 Å². The van der Waals surface area contributed by atoms with Crippen LogP contribution in [-0.2, 0) is 17.6 Å². The van der Waals surface area contributed by atoms with Gasteiger partial charge in [0.15, 0.2) is 0 Å². The summed E-state index contributed by atoms with van der Waals surface area (Å²) >= 11 is 0. The van der Waals surface area contributed by atoms with Gasteiger partial charge in [0.25, 0.3) is 5.91 Å². The van der Waals surface area contributed by atoms with E-state index in [1.54, 1.807) is 14.2 Å². The molecule has 0 unspecified atom stereocenters. The van der Waals surface area contributed by atoms with E-state index in [1.807, 2.05) is 30.9 Å². The van der Waals surface area contributed by atoms with Gasteiger partial charge in [0, 0.05) is 25.6 Å². The molecule has 1 aliphatic heterocycles. The maximum Gasteiger partial charge on any atom is 0.257 e. The Labute approximate surface area is 149 Å². The van der Waals surface area contributed by atoms with E-state index in [1.165, 1.54) is 11.1 Å². The van der Waals surface area contributed by atoms with Crippen molar-refractivity contribution < 1.29 is 19.4 Å². The van der Waals surface area contributed by atoms with E-state index >= 15 is 0 Å². The first-order valence-corrected chi connectivity index (χ1v) is 9.02. The Kier molecular flexibility index (Phi) is 4.82. The number of aryl methyl sites for hydroxylation is 2. The molecule has 0 saturated carbocycles. The molecule has 1 aliphatic carbocycles. The molecule has 2 aliphatic rings. The molecule has 1 fully saturated rings. The standard InChI is InChI=1S/C20H29NO4/c1-19(2)12-21(9-8-20(19,23)13-24-3)18(22)16-10-14-6-5-7-15(14)11-17(16)25-4/h10-11,23H,5-9,12-13H2,1-4H3/t20-/m1/s1. The Morgan fingerprint density at radius 3 is 2.52 bits per heavy atom. The first-order chi connectivity index (χ1) is 11.8.